The largest absolute Gasteiger partial charge is 0.462 e. The molecule has 0 spiro atoms. The molecular formula is C13H16Cl2O2. The zero-order valence-electron chi connectivity index (χ0n) is 9.84. The predicted molar refractivity (Wildman–Crippen MR) is 71.0 cm³/mol. The number of halogens is 2. The lowest BCUT2D eigenvalue weighted by Gasteiger charge is -2.07. The molecule has 0 saturated heterocycles. The van der Waals surface area contributed by atoms with Crippen LogP contribution < -0.4 is 0 Å². The fourth-order valence-corrected chi connectivity index (χ4v) is 1.88. The number of carbonyl (C=O) groups excluding carboxylic acids is 1. The van der Waals surface area contributed by atoms with E-state index in [1.165, 1.54) is 0 Å². The third-order valence-corrected chi connectivity index (χ3v) is 2.89. The van der Waals surface area contributed by atoms with E-state index in [4.69, 9.17) is 27.9 Å². The lowest BCUT2D eigenvalue weighted by molar-refractivity contribution is 0.0526. The van der Waals surface area contributed by atoms with Gasteiger partial charge in [-0.1, -0.05) is 6.07 Å². The molecule has 0 N–H and O–H groups in total. The van der Waals surface area contributed by atoms with Gasteiger partial charge in [-0.25, -0.2) is 4.79 Å². The zero-order chi connectivity index (χ0) is 12.7. The van der Waals surface area contributed by atoms with Crippen molar-refractivity contribution in [2.45, 2.75) is 25.6 Å². The first-order valence-corrected chi connectivity index (χ1v) is 6.70. The van der Waals surface area contributed by atoms with Crippen molar-refractivity contribution in [1.29, 1.82) is 0 Å². The molecule has 1 rings (SSSR count). The van der Waals surface area contributed by atoms with Crippen molar-refractivity contribution in [2.24, 2.45) is 0 Å². The maximum absolute atomic E-state index is 11.6. The highest BCUT2D eigenvalue weighted by molar-refractivity contribution is 6.17. The summed E-state index contributed by atoms with van der Waals surface area (Å²) in [5, 5.41) is 0. The predicted octanol–water partition coefficient (Wildman–Crippen LogP) is 3.77. The van der Waals surface area contributed by atoms with E-state index in [-0.39, 0.29) is 5.97 Å². The van der Waals surface area contributed by atoms with Gasteiger partial charge in [0.2, 0.25) is 0 Å². The Bertz CT molecular complexity index is 378. The summed E-state index contributed by atoms with van der Waals surface area (Å²) in [5.41, 5.74) is 2.57. The van der Waals surface area contributed by atoms with E-state index in [1.807, 2.05) is 12.1 Å². The third-order valence-electron chi connectivity index (χ3n) is 2.32. The van der Waals surface area contributed by atoms with E-state index in [1.54, 1.807) is 13.0 Å². The van der Waals surface area contributed by atoms with Crippen LogP contribution in [0.1, 0.15) is 34.8 Å². The normalized spacial score (nSPS) is 10.3. The zero-order valence-corrected chi connectivity index (χ0v) is 11.4. The van der Waals surface area contributed by atoms with Crippen LogP contribution in [0.5, 0.6) is 0 Å². The molecule has 94 valence electrons. The minimum absolute atomic E-state index is 0.299. The van der Waals surface area contributed by atoms with Crippen molar-refractivity contribution < 1.29 is 9.53 Å². The molecule has 0 atom stereocenters. The molecule has 0 unspecified atom stereocenters. The van der Waals surface area contributed by atoms with Crippen LogP contribution in [-0.4, -0.2) is 18.5 Å². The van der Waals surface area contributed by atoms with Gasteiger partial charge in [0.25, 0.3) is 0 Å². The number of aryl methyl sites for hydroxylation is 1. The second kappa shape index (κ2) is 7.57. The summed E-state index contributed by atoms with van der Waals surface area (Å²) in [5.74, 6) is 0.702. The number of hydrogen-bond donors (Lipinski definition) is 0. The molecule has 17 heavy (non-hydrogen) atoms. The van der Waals surface area contributed by atoms with Crippen molar-refractivity contribution in [3.63, 3.8) is 0 Å². The fraction of sp³-hybridized carbons (Fsp3) is 0.462. The van der Waals surface area contributed by atoms with Gasteiger partial charge in [0.05, 0.1) is 12.2 Å². The molecule has 4 heteroatoms. The van der Waals surface area contributed by atoms with Crippen LogP contribution in [0.3, 0.4) is 0 Å². The Labute approximate surface area is 112 Å². The van der Waals surface area contributed by atoms with Gasteiger partial charge in [0, 0.05) is 11.8 Å². The van der Waals surface area contributed by atoms with Gasteiger partial charge in [-0.3, -0.25) is 0 Å². The third kappa shape index (κ3) is 4.57. The van der Waals surface area contributed by atoms with Crippen molar-refractivity contribution in [3.8, 4) is 0 Å². The van der Waals surface area contributed by atoms with E-state index in [0.29, 0.717) is 23.9 Å². The van der Waals surface area contributed by atoms with Crippen LogP contribution >= 0.6 is 23.2 Å². The lowest BCUT2D eigenvalue weighted by Crippen LogP contribution is -2.06. The molecule has 1 aromatic rings. The molecule has 1 aromatic carbocycles. The minimum atomic E-state index is -0.299. The molecule has 0 bridgehead atoms. The smallest absolute Gasteiger partial charge is 0.338 e. The number of rotatable bonds is 6. The van der Waals surface area contributed by atoms with E-state index in [9.17, 15) is 4.79 Å². The number of alkyl halides is 2. The average molecular weight is 275 g/mol. The van der Waals surface area contributed by atoms with Gasteiger partial charge in [-0.15, -0.1) is 23.2 Å². The Morgan fingerprint density at radius 2 is 1.94 bits per heavy atom. The van der Waals surface area contributed by atoms with Crippen LogP contribution in [0.4, 0.5) is 0 Å². The van der Waals surface area contributed by atoms with Gasteiger partial charge in [0.15, 0.2) is 0 Å². The second-order valence-corrected chi connectivity index (χ2v) is 4.33. The SMILES string of the molecule is CCOC(=O)c1cc(CCl)cc(CCCCl)c1. The summed E-state index contributed by atoms with van der Waals surface area (Å²) in [7, 11) is 0. The first-order valence-electron chi connectivity index (χ1n) is 5.63. The Balaban J connectivity index is 2.92. The Morgan fingerprint density at radius 3 is 2.53 bits per heavy atom. The second-order valence-electron chi connectivity index (χ2n) is 3.68. The summed E-state index contributed by atoms with van der Waals surface area (Å²) in [6.45, 7) is 2.17. The quantitative estimate of drug-likeness (QED) is 0.583. The summed E-state index contributed by atoms with van der Waals surface area (Å²) < 4.78 is 4.98. The summed E-state index contributed by atoms with van der Waals surface area (Å²) in [4.78, 5) is 11.6. The van der Waals surface area contributed by atoms with Gasteiger partial charge in [-0.2, -0.15) is 0 Å². The first-order chi connectivity index (χ1) is 8.21. The minimum Gasteiger partial charge on any atom is -0.462 e. The molecule has 0 fully saturated rings. The molecular weight excluding hydrogens is 259 g/mol. The first kappa shape index (κ1) is 14.3. The molecule has 0 aliphatic heterocycles. The van der Waals surface area contributed by atoms with Crippen LogP contribution in [0.15, 0.2) is 18.2 Å². The molecule has 0 saturated carbocycles. The standard InChI is InChI=1S/C13H16Cl2O2/c1-2-17-13(16)12-7-10(4-3-5-14)6-11(8-12)9-15/h6-8H,2-5,9H2,1H3. The summed E-state index contributed by atoms with van der Waals surface area (Å²) in [6.07, 6.45) is 1.73. The van der Waals surface area contributed by atoms with Gasteiger partial charge in [0.1, 0.15) is 0 Å². The molecule has 0 radical (unpaired) electrons. The number of esters is 1. The molecule has 0 aliphatic carbocycles. The monoisotopic (exact) mass is 274 g/mol. The van der Waals surface area contributed by atoms with E-state index in [2.05, 4.69) is 0 Å². The molecule has 0 heterocycles. The van der Waals surface area contributed by atoms with Crippen LogP contribution in [0, 0.1) is 0 Å². The van der Waals surface area contributed by atoms with Crippen molar-refractivity contribution in [1.82, 2.24) is 0 Å². The van der Waals surface area contributed by atoms with Crippen LogP contribution in [0.2, 0.25) is 0 Å². The summed E-state index contributed by atoms with van der Waals surface area (Å²) >= 11 is 11.5. The number of ether oxygens (including phenoxy) is 1. The van der Waals surface area contributed by atoms with E-state index in [0.717, 1.165) is 24.0 Å². The fourth-order valence-electron chi connectivity index (χ4n) is 1.59. The van der Waals surface area contributed by atoms with Crippen LogP contribution in [-0.2, 0) is 17.0 Å². The maximum atomic E-state index is 11.6. The van der Waals surface area contributed by atoms with Crippen LogP contribution in [0.25, 0.3) is 0 Å². The molecule has 0 amide bonds. The van der Waals surface area contributed by atoms with Crippen molar-refractivity contribution in [3.05, 3.63) is 34.9 Å². The Morgan fingerprint density at radius 1 is 1.24 bits per heavy atom. The molecule has 0 aliphatic rings. The molecule has 0 aromatic heterocycles. The van der Waals surface area contributed by atoms with Gasteiger partial charge >= 0.3 is 5.97 Å². The summed E-state index contributed by atoms with van der Waals surface area (Å²) in [6, 6.07) is 5.62. The van der Waals surface area contributed by atoms with Crippen molar-refractivity contribution >= 4 is 29.2 Å². The highest BCUT2D eigenvalue weighted by Gasteiger charge is 2.09. The Kier molecular flexibility index (Phi) is 6.38. The number of benzene rings is 1. The van der Waals surface area contributed by atoms with E-state index >= 15 is 0 Å². The average Bonchev–Trinajstić information content (AvgIpc) is 2.36. The lowest BCUT2D eigenvalue weighted by atomic mass is 10.0. The number of carbonyl (C=O) groups is 1. The highest BCUT2D eigenvalue weighted by Crippen LogP contribution is 2.15. The topological polar surface area (TPSA) is 26.3 Å². The van der Waals surface area contributed by atoms with Gasteiger partial charge < -0.3 is 4.74 Å². The highest BCUT2D eigenvalue weighted by atomic mass is 35.5. The molecule has 2 nitrogen and oxygen atoms in total. The maximum Gasteiger partial charge on any atom is 0.338 e. The number of hydrogen-bond acceptors (Lipinski definition) is 2. The Hall–Kier alpha value is -0.730. The van der Waals surface area contributed by atoms with E-state index < -0.39 is 0 Å². The van der Waals surface area contributed by atoms with Gasteiger partial charge in [-0.05, 0) is 43.0 Å². The van der Waals surface area contributed by atoms with Crippen molar-refractivity contribution in [2.75, 3.05) is 12.5 Å².